The maximum atomic E-state index is 12.4. The Hall–Kier alpha value is -1.92. The fourth-order valence-electron chi connectivity index (χ4n) is 3.51. The second-order valence-corrected chi connectivity index (χ2v) is 8.05. The number of hydrogen-bond donors (Lipinski definition) is 0. The Kier molecular flexibility index (Phi) is 10.9. The van der Waals surface area contributed by atoms with Crippen molar-refractivity contribution in [1.29, 1.82) is 0 Å². The molecule has 168 valence electrons. The molecule has 0 amide bonds. The minimum atomic E-state index is -0.524. The lowest BCUT2D eigenvalue weighted by molar-refractivity contribution is -0.249. The van der Waals surface area contributed by atoms with E-state index in [1.165, 1.54) is 7.11 Å². The van der Waals surface area contributed by atoms with Crippen LogP contribution in [0.4, 0.5) is 0 Å². The summed E-state index contributed by atoms with van der Waals surface area (Å²) in [4.78, 5) is 23.5. The number of carbonyl (C=O) groups is 2. The zero-order valence-corrected chi connectivity index (χ0v) is 18.5. The molecule has 0 N–H and O–H groups in total. The van der Waals surface area contributed by atoms with Gasteiger partial charge < -0.3 is 18.9 Å². The van der Waals surface area contributed by atoms with Crippen LogP contribution in [0.25, 0.3) is 0 Å². The summed E-state index contributed by atoms with van der Waals surface area (Å²) in [7, 11) is 1.42. The van der Waals surface area contributed by atoms with Crippen molar-refractivity contribution >= 4 is 11.9 Å². The zero-order valence-electron chi connectivity index (χ0n) is 18.5. The second kappa shape index (κ2) is 13.4. The molecule has 1 aliphatic heterocycles. The van der Waals surface area contributed by atoms with Gasteiger partial charge in [0.15, 0.2) is 12.4 Å². The van der Waals surface area contributed by atoms with Crippen LogP contribution >= 0.6 is 0 Å². The van der Waals surface area contributed by atoms with Crippen molar-refractivity contribution in [3.05, 3.63) is 35.9 Å². The summed E-state index contributed by atoms with van der Waals surface area (Å²) in [6, 6.07) is 9.01. The number of hydrogen-bond acceptors (Lipinski definition) is 6. The molecule has 1 heterocycles. The maximum absolute atomic E-state index is 12.4. The van der Waals surface area contributed by atoms with Crippen molar-refractivity contribution in [3.8, 4) is 0 Å². The quantitative estimate of drug-likeness (QED) is 0.354. The molecule has 2 rings (SSSR count). The molecule has 0 aliphatic carbocycles. The van der Waals surface area contributed by atoms with Gasteiger partial charge in [-0.1, -0.05) is 50.8 Å². The first-order valence-corrected chi connectivity index (χ1v) is 11.1. The average molecular weight is 421 g/mol. The predicted octanol–water partition coefficient (Wildman–Crippen LogP) is 4.90. The summed E-state index contributed by atoms with van der Waals surface area (Å²) < 4.78 is 22.3. The molecule has 1 aromatic rings. The topological polar surface area (TPSA) is 71.1 Å². The van der Waals surface area contributed by atoms with Gasteiger partial charge in [0.2, 0.25) is 0 Å². The van der Waals surface area contributed by atoms with Crippen LogP contribution in [0.1, 0.15) is 75.6 Å². The molecular weight excluding hydrogens is 384 g/mol. The second-order valence-electron chi connectivity index (χ2n) is 8.05. The van der Waals surface area contributed by atoms with E-state index < -0.39 is 12.4 Å². The third-order valence-corrected chi connectivity index (χ3v) is 5.61. The normalized spacial score (nSPS) is 23.7. The van der Waals surface area contributed by atoms with E-state index in [0.29, 0.717) is 24.5 Å². The molecule has 0 radical (unpaired) electrons. The van der Waals surface area contributed by atoms with Crippen molar-refractivity contribution in [2.24, 2.45) is 5.92 Å². The van der Waals surface area contributed by atoms with E-state index in [-0.39, 0.29) is 18.0 Å². The van der Waals surface area contributed by atoms with Gasteiger partial charge in [0.1, 0.15) is 0 Å². The Bertz CT molecular complexity index is 632. The monoisotopic (exact) mass is 420 g/mol. The molecule has 1 aliphatic rings. The minimum Gasteiger partial charge on any atom is -0.469 e. The third kappa shape index (κ3) is 8.44. The first-order valence-electron chi connectivity index (χ1n) is 11.1. The van der Waals surface area contributed by atoms with Crippen LogP contribution < -0.4 is 0 Å². The predicted molar refractivity (Wildman–Crippen MR) is 114 cm³/mol. The van der Waals surface area contributed by atoms with E-state index in [4.69, 9.17) is 14.2 Å². The van der Waals surface area contributed by atoms with E-state index in [1.54, 1.807) is 12.1 Å². The van der Waals surface area contributed by atoms with Crippen LogP contribution in [0, 0.1) is 5.92 Å². The van der Waals surface area contributed by atoms with Crippen LogP contribution in [-0.2, 0) is 23.7 Å². The van der Waals surface area contributed by atoms with E-state index in [1.807, 2.05) is 25.1 Å². The van der Waals surface area contributed by atoms with Gasteiger partial charge in [0, 0.05) is 13.0 Å². The molecule has 1 aromatic carbocycles. The Morgan fingerprint density at radius 2 is 1.67 bits per heavy atom. The third-order valence-electron chi connectivity index (χ3n) is 5.61. The van der Waals surface area contributed by atoms with Gasteiger partial charge in [-0.25, -0.2) is 4.79 Å². The molecule has 0 spiro atoms. The fraction of sp³-hybridized carbons (Fsp3) is 0.667. The summed E-state index contributed by atoms with van der Waals surface area (Å²) in [5.41, 5.74) is 0.537. The summed E-state index contributed by atoms with van der Waals surface area (Å²) in [5, 5.41) is 0. The molecular formula is C24H36O6. The van der Waals surface area contributed by atoms with Crippen LogP contribution in [0.15, 0.2) is 30.3 Å². The van der Waals surface area contributed by atoms with E-state index in [2.05, 4.69) is 11.7 Å². The van der Waals surface area contributed by atoms with Crippen molar-refractivity contribution in [2.45, 2.75) is 83.7 Å². The summed E-state index contributed by atoms with van der Waals surface area (Å²) >= 11 is 0. The molecule has 0 bridgehead atoms. The van der Waals surface area contributed by atoms with Gasteiger partial charge in [-0.15, -0.1) is 0 Å². The average Bonchev–Trinajstić information content (AvgIpc) is 2.76. The summed E-state index contributed by atoms with van der Waals surface area (Å²) in [6.07, 6.45) is 6.48. The zero-order chi connectivity index (χ0) is 21.8. The lowest BCUT2D eigenvalue weighted by Crippen LogP contribution is -2.46. The molecule has 6 nitrogen and oxygen atoms in total. The molecule has 0 saturated carbocycles. The largest absolute Gasteiger partial charge is 0.469 e. The van der Waals surface area contributed by atoms with Crippen molar-refractivity contribution in [3.63, 3.8) is 0 Å². The number of methoxy groups -OCH3 is 1. The summed E-state index contributed by atoms with van der Waals surface area (Å²) in [5.74, 6) is -0.183. The van der Waals surface area contributed by atoms with E-state index >= 15 is 0 Å². The smallest absolute Gasteiger partial charge is 0.338 e. The van der Waals surface area contributed by atoms with Gasteiger partial charge >= 0.3 is 11.9 Å². The number of esters is 2. The van der Waals surface area contributed by atoms with Crippen LogP contribution in [0.5, 0.6) is 0 Å². The molecule has 1 saturated heterocycles. The lowest BCUT2D eigenvalue weighted by Gasteiger charge is -2.38. The minimum absolute atomic E-state index is 0.0662. The number of carbonyl (C=O) groups excluding carboxylic acids is 2. The standard InChI is InChI=1S/C24H36O6/c1-18-17-21(30-23(26)20-13-9-8-10-14-20)24(29-19(18)2)28-16-12-7-5-4-6-11-15-22(25)27-3/h8-10,13-14,18-19,21,24H,4-7,11-12,15-17H2,1-3H3/t18-,19?,21?,24-/m1/s1. The van der Waals surface area contributed by atoms with Crippen LogP contribution in [0.2, 0.25) is 0 Å². The Labute approximate surface area is 180 Å². The van der Waals surface area contributed by atoms with Gasteiger partial charge in [0.25, 0.3) is 0 Å². The van der Waals surface area contributed by atoms with Gasteiger partial charge in [-0.05, 0) is 44.2 Å². The molecule has 6 heteroatoms. The number of ether oxygens (including phenoxy) is 4. The van der Waals surface area contributed by atoms with Crippen molar-refractivity contribution in [1.82, 2.24) is 0 Å². The van der Waals surface area contributed by atoms with Crippen LogP contribution in [-0.4, -0.2) is 44.2 Å². The van der Waals surface area contributed by atoms with Crippen molar-refractivity contribution in [2.75, 3.05) is 13.7 Å². The highest BCUT2D eigenvalue weighted by Crippen LogP contribution is 2.28. The van der Waals surface area contributed by atoms with Gasteiger partial charge in [-0.2, -0.15) is 0 Å². The van der Waals surface area contributed by atoms with Gasteiger partial charge in [-0.3, -0.25) is 4.79 Å². The first kappa shape index (κ1) is 24.4. The lowest BCUT2D eigenvalue weighted by atomic mass is 9.95. The Morgan fingerprint density at radius 3 is 2.37 bits per heavy atom. The molecule has 1 fully saturated rings. The number of rotatable bonds is 12. The molecule has 4 atom stereocenters. The fourth-order valence-corrected chi connectivity index (χ4v) is 3.51. The number of unbranched alkanes of at least 4 members (excludes halogenated alkanes) is 5. The van der Waals surface area contributed by atoms with Crippen molar-refractivity contribution < 1.29 is 28.5 Å². The molecule has 0 aromatic heterocycles. The Balaban J connectivity index is 1.68. The first-order chi connectivity index (χ1) is 14.5. The summed E-state index contributed by atoms with van der Waals surface area (Å²) in [6.45, 7) is 4.71. The number of benzene rings is 1. The van der Waals surface area contributed by atoms with Gasteiger partial charge in [0.05, 0.1) is 18.8 Å². The highest BCUT2D eigenvalue weighted by atomic mass is 16.7. The Morgan fingerprint density at radius 1 is 1.00 bits per heavy atom. The highest BCUT2D eigenvalue weighted by molar-refractivity contribution is 5.89. The maximum Gasteiger partial charge on any atom is 0.338 e. The SMILES string of the molecule is COC(=O)CCCCCCCCO[C@@H]1OC(C)[C@H](C)CC1OC(=O)c1ccccc1. The highest BCUT2D eigenvalue weighted by Gasteiger charge is 2.37. The molecule has 2 unspecified atom stereocenters. The van der Waals surface area contributed by atoms with E-state index in [0.717, 1.165) is 44.9 Å². The molecule has 30 heavy (non-hydrogen) atoms. The van der Waals surface area contributed by atoms with Crippen LogP contribution in [0.3, 0.4) is 0 Å². The van der Waals surface area contributed by atoms with E-state index in [9.17, 15) is 9.59 Å².